The topological polar surface area (TPSA) is 63.7 Å². The van der Waals surface area contributed by atoms with Gasteiger partial charge in [-0.1, -0.05) is 0 Å². The zero-order valence-corrected chi connectivity index (χ0v) is 9.44. The maximum Gasteiger partial charge on any atom is 0.523 e. The zero-order valence-electron chi connectivity index (χ0n) is 8.62. The Morgan fingerprint density at radius 3 is 1.53 bits per heavy atom. The summed E-state index contributed by atoms with van der Waals surface area (Å²) in [6.45, 7) is 1.53. The van der Waals surface area contributed by atoms with Gasteiger partial charge in [-0.05, 0) is 0 Å². The molecule has 0 bridgehead atoms. The van der Waals surface area contributed by atoms with Gasteiger partial charge in [0.25, 0.3) is 0 Å². The number of carbonyl (C=O) groups excluding carboxylic acids is 1. The monoisotopic (exact) mass is 251 g/mol. The molecule has 0 radical (unpaired) electrons. The first-order chi connectivity index (χ1) is 6.45. The Kier molecular flexibility index (Phi) is 6.54. The lowest BCUT2D eigenvalue weighted by Crippen LogP contribution is -2.23. The Morgan fingerprint density at radius 1 is 1.27 bits per heavy atom. The van der Waals surface area contributed by atoms with Crippen molar-refractivity contribution < 1.29 is 30.6 Å². The number of halogens is 3. The van der Waals surface area contributed by atoms with Crippen molar-refractivity contribution in [3.8, 4) is 0 Å². The normalized spacial score (nSPS) is 11.4. The van der Waals surface area contributed by atoms with Crippen molar-refractivity contribution in [3.63, 3.8) is 0 Å². The van der Waals surface area contributed by atoms with Crippen molar-refractivity contribution in [3.05, 3.63) is 0 Å². The minimum Gasteiger partial charge on any atom is -0.349 e. The Balaban J connectivity index is 0. The first kappa shape index (κ1) is 16.6. The first-order valence-electron chi connectivity index (χ1n) is 3.50. The minimum atomic E-state index is -5.34. The van der Waals surface area contributed by atoms with Gasteiger partial charge in [-0.15, -0.1) is 0 Å². The van der Waals surface area contributed by atoms with E-state index >= 15 is 0 Å². The Labute approximate surface area is 85.9 Å². The second-order valence-electron chi connectivity index (χ2n) is 2.48. The summed E-state index contributed by atoms with van der Waals surface area (Å²) in [5.41, 5.74) is -5.30. The number of alkyl halides is 3. The number of hydrogen-bond donors (Lipinski definition) is 0. The molecule has 15 heavy (non-hydrogen) atoms. The van der Waals surface area contributed by atoms with Crippen molar-refractivity contribution in [2.45, 2.75) is 12.4 Å². The largest absolute Gasteiger partial charge is 0.523 e. The van der Waals surface area contributed by atoms with Gasteiger partial charge in [0.2, 0.25) is 5.91 Å². The van der Waals surface area contributed by atoms with E-state index in [-0.39, 0.29) is 5.91 Å². The Bertz CT molecular complexity index is 296. The van der Waals surface area contributed by atoms with Gasteiger partial charge in [-0.25, -0.2) is 0 Å². The van der Waals surface area contributed by atoms with Crippen molar-refractivity contribution in [2.75, 3.05) is 21.2 Å². The molecular formula is C6H12F3NO4S. The van der Waals surface area contributed by atoms with Crippen molar-refractivity contribution in [2.24, 2.45) is 0 Å². The third-order valence-corrected chi connectivity index (χ3v) is 2.14. The molecule has 5 nitrogen and oxygen atoms in total. The predicted molar refractivity (Wildman–Crippen MR) is 46.4 cm³/mol. The summed E-state index contributed by atoms with van der Waals surface area (Å²) in [6, 6.07) is 0. The molecule has 0 atom stereocenters. The Hall–Kier alpha value is -0.830. The summed E-state index contributed by atoms with van der Waals surface area (Å²) < 4.78 is 55.9. The fourth-order valence-corrected chi connectivity index (χ4v) is 0.283. The van der Waals surface area contributed by atoms with E-state index in [1.54, 1.807) is 14.1 Å². The van der Waals surface area contributed by atoms with E-state index in [4.69, 9.17) is 0 Å². The van der Waals surface area contributed by atoms with Crippen LogP contribution in [0.2, 0.25) is 0 Å². The zero-order chi connectivity index (χ0) is 12.9. The van der Waals surface area contributed by atoms with Gasteiger partial charge >= 0.3 is 15.6 Å². The number of rotatable bonds is 1. The molecule has 0 rings (SSSR count). The summed E-state index contributed by atoms with van der Waals surface area (Å²) in [5, 5.41) is 0. The quantitative estimate of drug-likeness (QED) is 0.505. The second-order valence-corrected chi connectivity index (χ2v) is 4.18. The van der Waals surface area contributed by atoms with Gasteiger partial charge in [0.1, 0.15) is 0 Å². The standard InChI is InChI=1S/C4H9NO.C2H3F3O3S/c1-4(6)5(2)3;1-8-9(6,7)2(3,4)5/h1-3H3;1H3. The third-order valence-electron chi connectivity index (χ3n) is 1.13. The van der Waals surface area contributed by atoms with E-state index in [9.17, 15) is 26.4 Å². The number of hydrogen-bond acceptors (Lipinski definition) is 4. The third kappa shape index (κ3) is 7.14. The van der Waals surface area contributed by atoms with E-state index in [0.717, 1.165) is 0 Å². The SMILES string of the molecule is CC(=O)N(C)C.COS(=O)(=O)C(F)(F)F. The number of carbonyl (C=O) groups is 1. The van der Waals surface area contributed by atoms with Crippen LogP contribution in [0, 0.1) is 0 Å². The lowest BCUT2D eigenvalue weighted by atomic mass is 10.7. The fourth-order valence-electron chi connectivity index (χ4n) is 0.0945. The van der Waals surface area contributed by atoms with Gasteiger partial charge in [-0.3, -0.25) is 8.98 Å². The molecule has 0 aliphatic heterocycles. The van der Waals surface area contributed by atoms with Crippen molar-refractivity contribution >= 4 is 16.0 Å². The molecule has 0 fully saturated rings. The molecular weight excluding hydrogens is 239 g/mol. The van der Waals surface area contributed by atoms with E-state index in [1.807, 2.05) is 0 Å². The van der Waals surface area contributed by atoms with E-state index < -0.39 is 15.6 Å². The highest BCUT2D eigenvalue weighted by atomic mass is 32.2. The van der Waals surface area contributed by atoms with Crippen LogP contribution in [-0.2, 0) is 19.1 Å². The number of amides is 1. The molecule has 0 saturated carbocycles. The molecule has 0 unspecified atom stereocenters. The summed E-state index contributed by atoms with van der Waals surface area (Å²) in [4.78, 5) is 11.6. The summed E-state index contributed by atoms with van der Waals surface area (Å²) >= 11 is 0. The molecule has 0 heterocycles. The van der Waals surface area contributed by atoms with Gasteiger partial charge in [0, 0.05) is 21.0 Å². The van der Waals surface area contributed by atoms with Crippen LogP contribution in [0.15, 0.2) is 0 Å². The molecule has 0 aromatic carbocycles. The van der Waals surface area contributed by atoms with Crippen LogP contribution in [0.3, 0.4) is 0 Å². The lowest BCUT2D eigenvalue weighted by molar-refractivity contribution is -0.126. The highest BCUT2D eigenvalue weighted by Crippen LogP contribution is 2.23. The summed E-state index contributed by atoms with van der Waals surface area (Å²) in [6.07, 6.45) is 0. The predicted octanol–water partition coefficient (Wildman–Crippen LogP) is 0.577. The molecule has 0 aliphatic carbocycles. The minimum absolute atomic E-state index is 0.0926. The van der Waals surface area contributed by atoms with Crippen molar-refractivity contribution in [1.29, 1.82) is 0 Å². The molecule has 92 valence electrons. The van der Waals surface area contributed by atoms with E-state index in [1.165, 1.54) is 11.8 Å². The van der Waals surface area contributed by atoms with Crippen molar-refractivity contribution in [1.82, 2.24) is 4.90 Å². The average Bonchev–Trinajstić information content (AvgIpc) is 2.03. The Morgan fingerprint density at radius 2 is 1.53 bits per heavy atom. The first-order valence-corrected chi connectivity index (χ1v) is 4.91. The highest BCUT2D eigenvalue weighted by molar-refractivity contribution is 7.87. The molecule has 1 amide bonds. The summed E-state index contributed by atoms with van der Waals surface area (Å²) in [7, 11) is -1.44. The van der Waals surface area contributed by atoms with Crippen LogP contribution in [0.25, 0.3) is 0 Å². The van der Waals surface area contributed by atoms with Crippen LogP contribution >= 0.6 is 0 Å². The summed E-state index contributed by atoms with van der Waals surface area (Å²) in [5.74, 6) is 0.0926. The van der Waals surface area contributed by atoms with Crippen LogP contribution < -0.4 is 0 Å². The molecule has 0 aliphatic rings. The molecule has 0 N–H and O–H groups in total. The molecule has 0 aromatic heterocycles. The average molecular weight is 251 g/mol. The van der Waals surface area contributed by atoms with Crippen LogP contribution in [-0.4, -0.2) is 45.9 Å². The van der Waals surface area contributed by atoms with Gasteiger partial charge in [0.05, 0.1) is 7.11 Å². The van der Waals surface area contributed by atoms with Gasteiger partial charge in [-0.2, -0.15) is 21.6 Å². The van der Waals surface area contributed by atoms with E-state index in [0.29, 0.717) is 7.11 Å². The van der Waals surface area contributed by atoms with Crippen LogP contribution in [0.1, 0.15) is 6.92 Å². The van der Waals surface area contributed by atoms with Crippen LogP contribution in [0.4, 0.5) is 13.2 Å². The number of nitrogens with zero attached hydrogens (tertiary/aromatic N) is 1. The second kappa shape index (κ2) is 5.91. The molecule has 0 aromatic rings. The van der Waals surface area contributed by atoms with Crippen LogP contribution in [0.5, 0.6) is 0 Å². The maximum atomic E-state index is 11.1. The lowest BCUT2D eigenvalue weighted by Gasteiger charge is -2.02. The van der Waals surface area contributed by atoms with Gasteiger partial charge < -0.3 is 4.90 Å². The maximum absolute atomic E-state index is 11.1. The van der Waals surface area contributed by atoms with Gasteiger partial charge in [0.15, 0.2) is 0 Å². The van der Waals surface area contributed by atoms with E-state index in [2.05, 4.69) is 4.18 Å². The fraction of sp³-hybridized carbons (Fsp3) is 0.833. The highest BCUT2D eigenvalue weighted by Gasteiger charge is 2.46. The molecule has 0 spiro atoms. The molecule has 9 heteroatoms. The smallest absolute Gasteiger partial charge is 0.349 e. The molecule has 0 saturated heterocycles.